The lowest BCUT2D eigenvalue weighted by Crippen LogP contribution is -2.11. The summed E-state index contributed by atoms with van der Waals surface area (Å²) in [5.74, 6) is 0.587. The van der Waals surface area contributed by atoms with Gasteiger partial charge in [0.25, 0.3) is 5.91 Å². The van der Waals surface area contributed by atoms with Crippen molar-refractivity contribution >= 4 is 43.8 Å². The van der Waals surface area contributed by atoms with E-state index in [0.29, 0.717) is 11.3 Å². The SMILES string of the molecule is Cc1nnc2sc(-c3cccc(NC(=O)c4cccc(Br)c4)c3)nn12. The number of anilines is 1. The summed E-state index contributed by atoms with van der Waals surface area (Å²) in [7, 11) is 0. The third-order valence-corrected chi connectivity index (χ3v) is 5.04. The second kappa shape index (κ2) is 6.38. The molecule has 25 heavy (non-hydrogen) atoms. The first-order chi connectivity index (χ1) is 12.1. The molecule has 0 aliphatic carbocycles. The highest BCUT2D eigenvalue weighted by atomic mass is 79.9. The maximum Gasteiger partial charge on any atom is 0.255 e. The van der Waals surface area contributed by atoms with Crippen molar-refractivity contribution in [3.8, 4) is 10.6 Å². The molecule has 0 radical (unpaired) electrons. The molecule has 6 nitrogen and oxygen atoms in total. The quantitative estimate of drug-likeness (QED) is 0.546. The minimum atomic E-state index is -0.160. The molecule has 0 aliphatic rings. The van der Waals surface area contributed by atoms with E-state index < -0.39 is 0 Å². The number of nitrogens with one attached hydrogen (secondary N) is 1. The van der Waals surface area contributed by atoms with Gasteiger partial charge in [0, 0.05) is 21.3 Å². The molecular weight excluding hydrogens is 402 g/mol. The minimum Gasteiger partial charge on any atom is -0.322 e. The molecule has 8 heteroatoms. The number of rotatable bonds is 3. The van der Waals surface area contributed by atoms with Crippen LogP contribution in [0.4, 0.5) is 5.69 Å². The summed E-state index contributed by atoms with van der Waals surface area (Å²) in [6.45, 7) is 1.86. The Kier molecular flexibility index (Phi) is 4.06. The van der Waals surface area contributed by atoms with Gasteiger partial charge in [-0.1, -0.05) is 45.5 Å². The van der Waals surface area contributed by atoms with E-state index in [1.807, 2.05) is 43.3 Å². The molecule has 0 atom stereocenters. The van der Waals surface area contributed by atoms with Gasteiger partial charge in [0.15, 0.2) is 5.82 Å². The van der Waals surface area contributed by atoms with Gasteiger partial charge < -0.3 is 5.32 Å². The Bertz CT molecular complexity index is 1090. The van der Waals surface area contributed by atoms with Gasteiger partial charge in [-0.3, -0.25) is 4.79 Å². The molecule has 0 spiro atoms. The maximum absolute atomic E-state index is 12.4. The number of hydrogen-bond acceptors (Lipinski definition) is 5. The maximum atomic E-state index is 12.4. The summed E-state index contributed by atoms with van der Waals surface area (Å²) in [6, 6.07) is 14.9. The van der Waals surface area contributed by atoms with Gasteiger partial charge in [0.2, 0.25) is 4.96 Å². The number of aryl methyl sites for hydroxylation is 1. The third kappa shape index (κ3) is 3.18. The molecule has 0 fully saturated rings. The molecule has 0 bridgehead atoms. The van der Waals surface area contributed by atoms with Gasteiger partial charge in [0.05, 0.1) is 0 Å². The molecule has 0 aliphatic heterocycles. The fourth-order valence-corrected chi connectivity index (χ4v) is 3.67. The molecular formula is C17H12BrN5OS. The number of hydrogen-bond donors (Lipinski definition) is 1. The second-order valence-corrected chi connectivity index (χ2v) is 7.27. The van der Waals surface area contributed by atoms with Gasteiger partial charge in [-0.05, 0) is 37.3 Å². The van der Waals surface area contributed by atoms with E-state index in [9.17, 15) is 4.79 Å². The Labute approximate surface area is 155 Å². The lowest BCUT2D eigenvalue weighted by Gasteiger charge is -2.07. The smallest absolute Gasteiger partial charge is 0.255 e. The van der Waals surface area contributed by atoms with Crippen LogP contribution in [0.1, 0.15) is 16.2 Å². The van der Waals surface area contributed by atoms with Crippen molar-refractivity contribution in [3.05, 3.63) is 64.4 Å². The number of benzene rings is 2. The van der Waals surface area contributed by atoms with Crippen LogP contribution in [0.25, 0.3) is 15.5 Å². The van der Waals surface area contributed by atoms with Crippen molar-refractivity contribution in [2.45, 2.75) is 6.92 Å². The van der Waals surface area contributed by atoms with E-state index in [4.69, 9.17) is 0 Å². The van der Waals surface area contributed by atoms with Crippen LogP contribution in [0.15, 0.2) is 53.0 Å². The molecule has 2 aromatic heterocycles. The molecule has 4 aromatic rings. The first-order valence-electron chi connectivity index (χ1n) is 7.46. The lowest BCUT2D eigenvalue weighted by molar-refractivity contribution is 0.102. The van der Waals surface area contributed by atoms with Crippen molar-refractivity contribution in [1.29, 1.82) is 0 Å². The van der Waals surface area contributed by atoms with Crippen LogP contribution in [0, 0.1) is 6.92 Å². The molecule has 4 rings (SSSR count). The number of carbonyl (C=O) groups excluding carboxylic acids is 1. The largest absolute Gasteiger partial charge is 0.322 e. The number of amides is 1. The van der Waals surface area contributed by atoms with E-state index in [0.717, 1.165) is 25.8 Å². The summed E-state index contributed by atoms with van der Waals surface area (Å²) >= 11 is 4.83. The highest BCUT2D eigenvalue weighted by Gasteiger charge is 2.12. The molecule has 1 amide bonds. The van der Waals surface area contributed by atoms with E-state index in [1.165, 1.54) is 11.3 Å². The van der Waals surface area contributed by atoms with Crippen LogP contribution in [-0.4, -0.2) is 25.7 Å². The monoisotopic (exact) mass is 413 g/mol. The summed E-state index contributed by atoms with van der Waals surface area (Å²) in [4.78, 5) is 13.1. The van der Waals surface area contributed by atoms with Crippen LogP contribution >= 0.6 is 27.3 Å². The predicted molar refractivity (Wildman–Crippen MR) is 101 cm³/mol. The van der Waals surface area contributed by atoms with Crippen molar-refractivity contribution in [1.82, 2.24) is 19.8 Å². The van der Waals surface area contributed by atoms with Gasteiger partial charge in [-0.25, -0.2) is 0 Å². The molecule has 2 heterocycles. The molecule has 0 unspecified atom stereocenters. The standard InChI is InChI=1S/C17H12BrN5OS/c1-10-20-21-17-23(10)22-16(25-17)12-5-3-7-14(9-12)19-15(24)11-4-2-6-13(18)8-11/h2-9H,1H3,(H,19,24). The molecule has 1 N–H and O–H groups in total. The average Bonchev–Trinajstić information content (AvgIpc) is 3.17. The van der Waals surface area contributed by atoms with Crippen molar-refractivity contribution in [2.24, 2.45) is 0 Å². The van der Waals surface area contributed by atoms with Crippen molar-refractivity contribution in [2.75, 3.05) is 5.32 Å². The number of halogens is 1. The van der Waals surface area contributed by atoms with E-state index in [1.54, 1.807) is 16.6 Å². The molecule has 2 aromatic carbocycles. The van der Waals surface area contributed by atoms with E-state index in [2.05, 4.69) is 36.5 Å². The van der Waals surface area contributed by atoms with E-state index in [-0.39, 0.29) is 5.91 Å². The highest BCUT2D eigenvalue weighted by Crippen LogP contribution is 2.27. The molecule has 0 saturated carbocycles. The van der Waals surface area contributed by atoms with Gasteiger partial charge in [-0.2, -0.15) is 9.61 Å². The number of fused-ring (bicyclic) bond motifs is 1. The van der Waals surface area contributed by atoms with Crippen molar-refractivity contribution in [3.63, 3.8) is 0 Å². The average molecular weight is 414 g/mol. The lowest BCUT2D eigenvalue weighted by atomic mass is 10.2. The summed E-state index contributed by atoms with van der Waals surface area (Å²) in [5, 5.41) is 16.3. The Morgan fingerprint density at radius 1 is 1.16 bits per heavy atom. The summed E-state index contributed by atoms with van der Waals surface area (Å²) in [5.41, 5.74) is 2.22. The Morgan fingerprint density at radius 3 is 2.80 bits per heavy atom. The van der Waals surface area contributed by atoms with Gasteiger partial charge in [0.1, 0.15) is 5.01 Å². The van der Waals surface area contributed by atoms with Crippen LogP contribution in [0.3, 0.4) is 0 Å². The zero-order chi connectivity index (χ0) is 17.4. The fraction of sp³-hybridized carbons (Fsp3) is 0.0588. The Morgan fingerprint density at radius 2 is 2.00 bits per heavy atom. The zero-order valence-corrected chi connectivity index (χ0v) is 15.5. The highest BCUT2D eigenvalue weighted by molar-refractivity contribution is 9.10. The first-order valence-corrected chi connectivity index (χ1v) is 9.07. The first kappa shape index (κ1) is 15.9. The minimum absolute atomic E-state index is 0.160. The normalized spacial score (nSPS) is 11.0. The van der Waals surface area contributed by atoms with Crippen LogP contribution < -0.4 is 5.32 Å². The topological polar surface area (TPSA) is 72.2 Å². The Hall–Kier alpha value is -2.58. The van der Waals surface area contributed by atoms with Crippen LogP contribution in [0.5, 0.6) is 0 Å². The molecule has 0 saturated heterocycles. The number of nitrogens with zero attached hydrogens (tertiary/aromatic N) is 4. The number of aromatic nitrogens is 4. The van der Waals surface area contributed by atoms with Gasteiger partial charge in [-0.15, -0.1) is 10.2 Å². The summed E-state index contributed by atoms with van der Waals surface area (Å²) in [6.07, 6.45) is 0. The number of carbonyl (C=O) groups is 1. The summed E-state index contributed by atoms with van der Waals surface area (Å²) < 4.78 is 2.58. The van der Waals surface area contributed by atoms with Crippen LogP contribution in [-0.2, 0) is 0 Å². The van der Waals surface area contributed by atoms with E-state index >= 15 is 0 Å². The van der Waals surface area contributed by atoms with Crippen LogP contribution in [0.2, 0.25) is 0 Å². The third-order valence-electron chi connectivity index (χ3n) is 3.60. The molecule has 124 valence electrons. The fourth-order valence-electron chi connectivity index (χ4n) is 2.39. The predicted octanol–water partition coefficient (Wildman–Crippen LogP) is 4.18. The Balaban J connectivity index is 1.61. The zero-order valence-electron chi connectivity index (χ0n) is 13.1. The van der Waals surface area contributed by atoms with Gasteiger partial charge >= 0.3 is 0 Å². The van der Waals surface area contributed by atoms with Crippen molar-refractivity contribution < 1.29 is 4.79 Å². The second-order valence-electron chi connectivity index (χ2n) is 5.39.